The molecule has 140 valence electrons. The zero-order chi connectivity index (χ0) is 19.1. The minimum absolute atomic E-state index is 0.436. The minimum Gasteiger partial charge on any atom is -0.444 e. The first-order valence-electron chi connectivity index (χ1n) is 9.10. The molecule has 0 aliphatic heterocycles. The van der Waals surface area contributed by atoms with Gasteiger partial charge in [0.1, 0.15) is 12.0 Å². The standard InChI is InChI=1S/C21H25N5O/c1-4-22-21(25-13-19-16(3)6-5-11-23-19)24-12-18-14-27-20(26-18)17-9-7-15(2)8-10-17/h5-11,14H,4,12-13H2,1-3H3,(H2,22,24,25). The van der Waals surface area contributed by atoms with E-state index in [1.54, 1.807) is 12.5 Å². The molecule has 0 bridgehead atoms. The van der Waals surface area contributed by atoms with E-state index >= 15 is 0 Å². The highest BCUT2D eigenvalue weighted by atomic mass is 16.3. The SMILES string of the molecule is CCNC(=NCc1coc(-c2ccc(C)cc2)n1)NCc1ncccc1C. The van der Waals surface area contributed by atoms with Crippen LogP contribution in [-0.4, -0.2) is 22.5 Å². The molecule has 0 aliphatic carbocycles. The van der Waals surface area contributed by atoms with Crippen LogP contribution in [0.3, 0.4) is 0 Å². The maximum Gasteiger partial charge on any atom is 0.226 e. The molecule has 0 saturated heterocycles. The number of guanidine groups is 1. The van der Waals surface area contributed by atoms with Gasteiger partial charge in [-0.3, -0.25) is 4.98 Å². The number of hydrogen-bond acceptors (Lipinski definition) is 4. The van der Waals surface area contributed by atoms with Gasteiger partial charge in [-0.25, -0.2) is 9.98 Å². The summed E-state index contributed by atoms with van der Waals surface area (Å²) in [6.45, 7) is 7.98. The zero-order valence-corrected chi connectivity index (χ0v) is 16.0. The third kappa shape index (κ3) is 5.17. The maximum absolute atomic E-state index is 5.60. The molecule has 3 aromatic rings. The zero-order valence-electron chi connectivity index (χ0n) is 16.0. The molecule has 2 aromatic heterocycles. The Hall–Kier alpha value is -3.15. The van der Waals surface area contributed by atoms with Gasteiger partial charge in [-0.2, -0.15) is 0 Å². The average Bonchev–Trinajstić information content (AvgIpc) is 3.15. The summed E-state index contributed by atoms with van der Waals surface area (Å²) in [5.41, 5.74) is 5.12. The molecule has 2 N–H and O–H groups in total. The van der Waals surface area contributed by atoms with Crippen molar-refractivity contribution in [1.82, 2.24) is 20.6 Å². The van der Waals surface area contributed by atoms with E-state index in [9.17, 15) is 0 Å². The van der Waals surface area contributed by atoms with Crippen LogP contribution in [0, 0.1) is 13.8 Å². The van der Waals surface area contributed by atoms with Crippen LogP contribution < -0.4 is 10.6 Å². The summed E-state index contributed by atoms with van der Waals surface area (Å²) < 4.78 is 5.60. The Morgan fingerprint density at radius 2 is 1.93 bits per heavy atom. The van der Waals surface area contributed by atoms with Crippen molar-refractivity contribution in [2.24, 2.45) is 4.99 Å². The van der Waals surface area contributed by atoms with Gasteiger partial charge in [-0.15, -0.1) is 0 Å². The fourth-order valence-corrected chi connectivity index (χ4v) is 2.58. The van der Waals surface area contributed by atoms with Crippen LogP contribution in [0.5, 0.6) is 0 Å². The first-order valence-corrected chi connectivity index (χ1v) is 9.10. The third-order valence-electron chi connectivity index (χ3n) is 4.13. The molecule has 27 heavy (non-hydrogen) atoms. The fourth-order valence-electron chi connectivity index (χ4n) is 2.58. The average molecular weight is 363 g/mol. The normalized spacial score (nSPS) is 11.4. The van der Waals surface area contributed by atoms with E-state index in [0.29, 0.717) is 19.0 Å². The summed E-state index contributed by atoms with van der Waals surface area (Å²) in [6.07, 6.45) is 3.46. The second-order valence-electron chi connectivity index (χ2n) is 6.33. The number of nitrogens with one attached hydrogen (secondary N) is 2. The quantitative estimate of drug-likeness (QED) is 0.517. The number of pyridine rings is 1. The monoisotopic (exact) mass is 363 g/mol. The Morgan fingerprint density at radius 1 is 1.11 bits per heavy atom. The first-order chi connectivity index (χ1) is 13.2. The topological polar surface area (TPSA) is 75.3 Å². The first kappa shape index (κ1) is 18.6. The van der Waals surface area contributed by atoms with Crippen molar-refractivity contribution in [3.63, 3.8) is 0 Å². The molecule has 0 atom stereocenters. The van der Waals surface area contributed by atoms with Crippen LogP contribution >= 0.6 is 0 Å². The molecular weight excluding hydrogens is 338 g/mol. The summed E-state index contributed by atoms with van der Waals surface area (Å²) in [5.74, 6) is 1.34. The molecule has 0 aliphatic rings. The molecule has 0 fully saturated rings. The van der Waals surface area contributed by atoms with E-state index in [-0.39, 0.29) is 0 Å². The third-order valence-corrected chi connectivity index (χ3v) is 4.13. The summed E-state index contributed by atoms with van der Waals surface area (Å²) in [5, 5.41) is 6.55. The van der Waals surface area contributed by atoms with Gasteiger partial charge < -0.3 is 15.1 Å². The molecule has 2 heterocycles. The highest BCUT2D eigenvalue weighted by Gasteiger charge is 2.07. The lowest BCUT2D eigenvalue weighted by Crippen LogP contribution is -2.37. The Bertz CT molecular complexity index is 899. The second-order valence-corrected chi connectivity index (χ2v) is 6.33. The molecule has 0 radical (unpaired) electrons. The van der Waals surface area contributed by atoms with Crippen LogP contribution in [0.2, 0.25) is 0 Å². The number of oxazole rings is 1. The van der Waals surface area contributed by atoms with Crippen LogP contribution in [0.4, 0.5) is 0 Å². The largest absolute Gasteiger partial charge is 0.444 e. The number of aliphatic imine (C=N–C) groups is 1. The number of nitrogens with zero attached hydrogens (tertiary/aromatic N) is 3. The second kappa shape index (κ2) is 8.98. The molecule has 1 aromatic carbocycles. The van der Waals surface area contributed by atoms with Gasteiger partial charge in [0, 0.05) is 18.3 Å². The van der Waals surface area contributed by atoms with Crippen molar-refractivity contribution in [2.75, 3.05) is 6.54 Å². The summed E-state index contributed by atoms with van der Waals surface area (Å²) in [4.78, 5) is 13.5. The molecular formula is C21H25N5O. The molecule has 6 nitrogen and oxygen atoms in total. The number of benzene rings is 1. The van der Waals surface area contributed by atoms with Crippen molar-refractivity contribution in [3.05, 3.63) is 71.4 Å². The van der Waals surface area contributed by atoms with Gasteiger partial charge in [-0.1, -0.05) is 23.8 Å². The fraction of sp³-hybridized carbons (Fsp3) is 0.286. The lowest BCUT2D eigenvalue weighted by atomic mass is 10.1. The Labute approximate surface area is 159 Å². The maximum atomic E-state index is 5.60. The molecule has 0 spiro atoms. The van der Waals surface area contributed by atoms with Crippen molar-refractivity contribution in [2.45, 2.75) is 33.9 Å². The number of aryl methyl sites for hydroxylation is 2. The van der Waals surface area contributed by atoms with Crippen molar-refractivity contribution in [3.8, 4) is 11.5 Å². The van der Waals surface area contributed by atoms with E-state index < -0.39 is 0 Å². The van der Waals surface area contributed by atoms with E-state index in [2.05, 4.69) is 45.5 Å². The van der Waals surface area contributed by atoms with Crippen molar-refractivity contribution < 1.29 is 4.42 Å². The van der Waals surface area contributed by atoms with Crippen LogP contribution in [0.1, 0.15) is 29.4 Å². The van der Waals surface area contributed by atoms with E-state index in [0.717, 1.165) is 35.0 Å². The summed E-state index contributed by atoms with van der Waals surface area (Å²) >= 11 is 0. The van der Waals surface area contributed by atoms with Crippen molar-refractivity contribution >= 4 is 5.96 Å². The van der Waals surface area contributed by atoms with Gasteiger partial charge in [0.2, 0.25) is 5.89 Å². The molecule has 0 amide bonds. The molecule has 3 rings (SSSR count). The number of rotatable bonds is 6. The van der Waals surface area contributed by atoms with Crippen LogP contribution in [0.25, 0.3) is 11.5 Å². The van der Waals surface area contributed by atoms with Gasteiger partial charge in [-0.05, 0) is 44.5 Å². The van der Waals surface area contributed by atoms with E-state index in [4.69, 9.17) is 4.42 Å². The van der Waals surface area contributed by atoms with E-state index in [1.165, 1.54) is 5.56 Å². The Balaban J connectivity index is 1.64. The van der Waals surface area contributed by atoms with Crippen molar-refractivity contribution in [1.29, 1.82) is 0 Å². The molecule has 0 saturated carbocycles. The van der Waals surface area contributed by atoms with Gasteiger partial charge in [0.15, 0.2) is 5.96 Å². The predicted octanol–water partition coefficient (Wildman–Crippen LogP) is 3.61. The smallest absolute Gasteiger partial charge is 0.226 e. The molecule has 6 heteroatoms. The Kier molecular flexibility index (Phi) is 6.20. The van der Waals surface area contributed by atoms with Crippen LogP contribution in [-0.2, 0) is 13.1 Å². The highest BCUT2D eigenvalue weighted by Crippen LogP contribution is 2.19. The lowest BCUT2D eigenvalue weighted by Gasteiger charge is -2.11. The minimum atomic E-state index is 0.436. The van der Waals surface area contributed by atoms with Crippen LogP contribution in [0.15, 0.2) is 58.3 Å². The molecule has 0 unspecified atom stereocenters. The number of hydrogen-bond donors (Lipinski definition) is 2. The lowest BCUT2D eigenvalue weighted by molar-refractivity contribution is 0.572. The van der Waals surface area contributed by atoms with Gasteiger partial charge >= 0.3 is 0 Å². The summed E-state index contributed by atoms with van der Waals surface area (Å²) in [7, 11) is 0. The van der Waals surface area contributed by atoms with E-state index in [1.807, 2.05) is 37.3 Å². The highest BCUT2D eigenvalue weighted by molar-refractivity contribution is 5.79. The predicted molar refractivity (Wildman–Crippen MR) is 107 cm³/mol. The van der Waals surface area contributed by atoms with Gasteiger partial charge in [0.25, 0.3) is 0 Å². The number of aromatic nitrogens is 2. The van der Waals surface area contributed by atoms with Gasteiger partial charge in [0.05, 0.1) is 18.8 Å². The Morgan fingerprint density at radius 3 is 2.67 bits per heavy atom. The summed E-state index contributed by atoms with van der Waals surface area (Å²) in [6, 6.07) is 12.1.